The topological polar surface area (TPSA) is 41.6 Å². The van der Waals surface area contributed by atoms with Crippen LogP contribution in [-0.4, -0.2) is 42.6 Å². The number of rotatable bonds is 6. The lowest BCUT2D eigenvalue weighted by Gasteiger charge is -2.35. The number of likely N-dealkylation sites (tertiary alicyclic amines) is 1. The highest BCUT2D eigenvalue weighted by Crippen LogP contribution is 2.30. The van der Waals surface area contributed by atoms with Gasteiger partial charge < -0.3 is 15.0 Å². The van der Waals surface area contributed by atoms with Crippen LogP contribution in [0, 0.1) is 5.92 Å². The van der Waals surface area contributed by atoms with Crippen LogP contribution in [0.25, 0.3) is 0 Å². The maximum Gasteiger partial charge on any atom is 0.251 e. The molecule has 4 rings (SSSR count). The van der Waals surface area contributed by atoms with Crippen LogP contribution in [0.4, 0.5) is 0 Å². The Morgan fingerprint density at radius 1 is 1.07 bits per heavy atom. The van der Waals surface area contributed by atoms with Crippen LogP contribution in [0.5, 0.6) is 5.75 Å². The fraction of sp³-hybridized carbons (Fsp3) is 0.682. The number of ether oxygens (including phenoxy) is 1. The Hall–Kier alpha value is -1.26. The second-order valence-corrected chi connectivity index (χ2v) is 8.92. The molecule has 4 nitrogen and oxygen atoms in total. The molecule has 3 fully saturated rings. The van der Waals surface area contributed by atoms with E-state index in [-0.39, 0.29) is 12.0 Å². The van der Waals surface area contributed by atoms with Gasteiger partial charge in [0.2, 0.25) is 0 Å². The van der Waals surface area contributed by atoms with Gasteiger partial charge in [-0.2, -0.15) is 0 Å². The number of piperidine rings is 1. The summed E-state index contributed by atoms with van der Waals surface area (Å²) in [7, 11) is 0. The number of amides is 1. The second-order valence-electron chi connectivity index (χ2n) is 8.51. The highest BCUT2D eigenvalue weighted by Gasteiger charge is 2.26. The van der Waals surface area contributed by atoms with Crippen LogP contribution in [0.1, 0.15) is 68.1 Å². The lowest BCUT2D eigenvalue weighted by Crippen LogP contribution is -2.41. The molecule has 1 saturated heterocycles. The standard InChI is InChI=1S/C22H31ClN2O2/c23-20-14-17(22(26)24-18-7-8-18)6-9-21(20)27-19-10-12-25(13-11-19)15-16-4-2-1-3-5-16/h6,9,14,16,18-19H,1-5,7-8,10-13,15H2,(H,24,26). The molecule has 0 radical (unpaired) electrons. The van der Waals surface area contributed by atoms with Gasteiger partial charge in [0, 0.05) is 31.2 Å². The van der Waals surface area contributed by atoms with Crippen molar-refractivity contribution in [2.45, 2.75) is 69.9 Å². The Labute approximate surface area is 167 Å². The van der Waals surface area contributed by atoms with Gasteiger partial charge in [0.1, 0.15) is 11.9 Å². The average molecular weight is 391 g/mol. The third kappa shape index (κ3) is 5.39. The van der Waals surface area contributed by atoms with Crippen molar-refractivity contribution >= 4 is 17.5 Å². The van der Waals surface area contributed by atoms with Crippen molar-refractivity contribution in [2.75, 3.05) is 19.6 Å². The van der Waals surface area contributed by atoms with E-state index in [9.17, 15) is 4.79 Å². The number of carbonyl (C=O) groups excluding carboxylic acids is 1. The SMILES string of the molecule is O=C(NC1CC1)c1ccc(OC2CCN(CC3CCCCC3)CC2)c(Cl)c1. The molecule has 1 heterocycles. The van der Waals surface area contributed by atoms with Gasteiger partial charge in [-0.25, -0.2) is 0 Å². The molecule has 0 atom stereocenters. The zero-order chi connectivity index (χ0) is 18.6. The van der Waals surface area contributed by atoms with Crippen molar-refractivity contribution in [2.24, 2.45) is 5.92 Å². The third-order valence-electron chi connectivity index (χ3n) is 6.18. The normalized spacial score (nSPS) is 22.6. The molecule has 1 aliphatic heterocycles. The van der Waals surface area contributed by atoms with Gasteiger partial charge in [0.05, 0.1) is 5.02 Å². The molecule has 0 unspecified atom stereocenters. The molecule has 1 N–H and O–H groups in total. The highest BCUT2D eigenvalue weighted by molar-refractivity contribution is 6.32. The first-order valence-corrected chi connectivity index (χ1v) is 11.0. The first kappa shape index (κ1) is 19.1. The quantitative estimate of drug-likeness (QED) is 0.768. The molecule has 2 saturated carbocycles. The van der Waals surface area contributed by atoms with E-state index in [0.29, 0.717) is 22.4 Å². The average Bonchev–Trinajstić information content (AvgIpc) is 3.50. The van der Waals surface area contributed by atoms with Gasteiger partial charge in [-0.3, -0.25) is 4.79 Å². The predicted molar refractivity (Wildman–Crippen MR) is 109 cm³/mol. The van der Waals surface area contributed by atoms with Crippen molar-refractivity contribution in [3.63, 3.8) is 0 Å². The summed E-state index contributed by atoms with van der Waals surface area (Å²) in [4.78, 5) is 14.7. The van der Waals surface area contributed by atoms with E-state index in [0.717, 1.165) is 44.7 Å². The molecule has 0 bridgehead atoms. The molecule has 148 valence electrons. The number of halogens is 1. The number of nitrogens with zero attached hydrogens (tertiary/aromatic N) is 1. The molecule has 0 spiro atoms. The van der Waals surface area contributed by atoms with Gasteiger partial charge in [0.25, 0.3) is 5.91 Å². The van der Waals surface area contributed by atoms with E-state index in [2.05, 4.69) is 10.2 Å². The minimum absolute atomic E-state index is 0.0398. The van der Waals surface area contributed by atoms with Crippen molar-refractivity contribution in [3.8, 4) is 5.75 Å². The lowest BCUT2D eigenvalue weighted by molar-refractivity contribution is 0.0863. The minimum atomic E-state index is -0.0398. The maximum atomic E-state index is 12.1. The van der Waals surface area contributed by atoms with E-state index in [1.54, 1.807) is 6.07 Å². The molecule has 3 aliphatic rings. The van der Waals surface area contributed by atoms with Gasteiger partial charge >= 0.3 is 0 Å². The van der Waals surface area contributed by atoms with E-state index in [1.807, 2.05) is 12.1 Å². The molecule has 5 heteroatoms. The van der Waals surface area contributed by atoms with Crippen LogP contribution >= 0.6 is 11.6 Å². The van der Waals surface area contributed by atoms with E-state index in [4.69, 9.17) is 16.3 Å². The molecule has 1 amide bonds. The van der Waals surface area contributed by atoms with Crippen LogP contribution in [-0.2, 0) is 0 Å². The predicted octanol–water partition coefficient (Wildman–Crippen LogP) is 4.66. The minimum Gasteiger partial charge on any atom is -0.489 e. The summed E-state index contributed by atoms with van der Waals surface area (Å²) in [5, 5.41) is 3.52. The first-order valence-electron chi connectivity index (χ1n) is 10.7. The third-order valence-corrected chi connectivity index (χ3v) is 6.47. The number of hydrogen-bond acceptors (Lipinski definition) is 3. The fourth-order valence-electron chi connectivity index (χ4n) is 4.36. The molecule has 0 aromatic heterocycles. The molecule has 1 aromatic rings. The number of benzene rings is 1. The summed E-state index contributed by atoms with van der Waals surface area (Å²) in [6.07, 6.45) is 11.6. The molecular weight excluding hydrogens is 360 g/mol. The monoisotopic (exact) mass is 390 g/mol. The fourth-order valence-corrected chi connectivity index (χ4v) is 4.58. The Balaban J connectivity index is 1.25. The van der Waals surface area contributed by atoms with Crippen molar-refractivity contribution in [1.82, 2.24) is 10.2 Å². The Kier molecular flexibility index (Phi) is 6.24. The lowest BCUT2D eigenvalue weighted by atomic mass is 9.88. The van der Waals surface area contributed by atoms with E-state index in [1.165, 1.54) is 38.6 Å². The maximum absolute atomic E-state index is 12.1. The van der Waals surface area contributed by atoms with Gasteiger partial charge in [-0.05, 0) is 62.6 Å². The summed E-state index contributed by atoms with van der Waals surface area (Å²) in [5.41, 5.74) is 0.613. The summed E-state index contributed by atoms with van der Waals surface area (Å²) >= 11 is 6.39. The van der Waals surface area contributed by atoms with E-state index < -0.39 is 0 Å². The first-order chi connectivity index (χ1) is 13.2. The van der Waals surface area contributed by atoms with Gasteiger partial charge in [-0.1, -0.05) is 30.9 Å². The summed E-state index contributed by atoms with van der Waals surface area (Å²) in [5.74, 6) is 1.56. The van der Waals surface area contributed by atoms with Gasteiger partial charge in [0.15, 0.2) is 0 Å². The molecule has 1 aromatic carbocycles. The Morgan fingerprint density at radius 2 is 1.81 bits per heavy atom. The largest absolute Gasteiger partial charge is 0.489 e. The van der Waals surface area contributed by atoms with Crippen LogP contribution in [0.2, 0.25) is 5.02 Å². The summed E-state index contributed by atoms with van der Waals surface area (Å²) in [6, 6.07) is 5.74. The van der Waals surface area contributed by atoms with E-state index >= 15 is 0 Å². The van der Waals surface area contributed by atoms with Crippen LogP contribution in [0.3, 0.4) is 0 Å². The molecule has 2 aliphatic carbocycles. The highest BCUT2D eigenvalue weighted by atomic mass is 35.5. The smallest absolute Gasteiger partial charge is 0.251 e. The molecular formula is C22H31ClN2O2. The van der Waals surface area contributed by atoms with Crippen LogP contribution in [0.15, 0.2) is 18.2 Å². The Morgan fingerprint density at radius 3 is 2.48 bits per heavy atom. The summed E-state index contributed by atoms with van der Waals surface area (Å²) in [6.45, 7) is 3.49. The van der Waals surface area contributed by atoms with Crippen LogP contribution < -0.4 is 10.1 Å². The second kappa shape index (κ2) is 8.83. The summed E-state index contributed by atoms with van der Waals surface area (Å²) < 4.78 is 6.16. The Bertz CT molecular complexity index is 648. The van der Waals surface area contributed by atoms with Gasteiger partial charge in [-0.15, -0.1) is 0 Å². The number of carbonyl (C=O) groups is 1. The number of hydrogen-bond donors (Lipinski definition) is 1. The van der Waals surface area contributed by atoms with Crippen molar-refractivity contribution in [3.05, 3.63) is 28.8 Å². The molecule has 27 heavy (non-hydrogen) atoms. The zero-order valence-electron chi connectivity index (χ0n) is 16.1. The van der Waals surface area contributed by atoms with Crippen molar-refractivity contribution in [1.29, 1.82) is 0 Å². The number of nitrogens with one attached hydrogen (secondary N) is 1. The zero-order valence-corrected chi connectivity index (χ0v) is 16.8. The van der Waals surface area contributed by atoms with Crippen molar-refractivity contribution < 1.29 is 9.53 Å².